The van der Waals surface area contributed by atoms with Gasteiger partial charge in [-0.3, -0.25) is 4.79 Å². The molecule has 4 rings (SSSR count). The molecule has 162 valence electrons. The molecule has 1 aromatic heterocycles. The molecule has 1 N–H and O–H groups in total. The summed E-state index contributed by atoms with van der Waals surface area (Å²) in [6, 6.07) is 14.2. The number of rotatable bonds is 5. The Hall–Kier alpha value is -2.77. The van der Waals surface area contributed by atoms with Crippen molar-refractivity contribution in [2.45, 2.75) is 26.8 Å². The van der Waals surface area contributed by atoms with E-state index in [4.69, 9.17) is 0 Å². The molecule has 0 saturated carbocycles. The molecule has 7 heteroatoms. The Labute approximate surface area is 187 Å². The van der Waals surface area contributed by atoms with Crippen LogP contribution in [-0.4, -0.2) is 54.2 Å². The number of hydrogen-bond donors (Lipinski definition) is 1. The molecule has 1 unspecified atom stereocenters. The maximum atomic E-state index is 13.1. The standard InChI is InChI=1S/C24H29N5OS/c1-16-8-9-21(29-12-10-28(4)11-13-29)15-22(16)23(30)25-17(2)19-6-5-7-20(14-19)24-27-26-18(3)31-24/h5-9,14-15,17H,10-13H2,1-4H3,(H,25,30). The van der Waals surface area contributed by atoms with Gasteiger partial charge < -0.3 is 15.1 Å². The summed E-state index contributed by atoms with van der Waals surface area (Å²) >= 11 is 1.57. The van der Waals surface area contributed by atoms with Gasteiger partial charge in [0.2, 0.25) is 0 Å². The van der Waals surface area contributed by atoms with Crippen LogP contribution in [-0.2, 0) is 0 Å². The van der Waals surface area contributed by atoms with Crippen molar-refractivity contribution in [1.29, 1.82) is 0 Å². The Bertz CT molecular complexity index is 1070. The molecule has 3 aromatic rings. The van der Waals surface area contributed by atoms with Crippen molar-refractivity contribution in [3.8, 4) is 10.6 Å². The SMILES string of the molecule is Cc1nnc(-c2cccc(C(C)NC(=O)c3cc(N4CCN(C)CC4)ccc3C)c2)s1. The first kappa shape index (κ1) is 21.5. The van der Waals surface area contributed by atoms with Gasteiger partial charge in [0.1, 0.15) is 10.0 Å². The van der Waals surface area contributed by atoms with Crippen molar-refractivity contribution in [1.82, 2.24) is 20.4 Å². The molecule has 1 fully saturated rings. The minimum Gasteiger partial charge on any atom is -0.369 e. The van der Waals surface area contributed by atoms with E-state index in [1.165, 1.54) is 0 Å². The summed E-state index contributed by atoms with van der Waals surface area (Å²) < 4.78 is 0. The minimum atomic E-state index is -0.117. The van der Waals surface area contributed by atoms with Crippen LogP contribution in [0.2, 0.25) is 0 Å². The molecule has 0 bridgehead atoms. The van der Waals surface area contributed by atoms with Gasteiger partial charge in [-0.25, -0.2) is 0 Å². The van der Waals surface area contributed by atoms with Crippen LogP contribution in [0.15, 0.2) is 42.5 Å². The van der Waals surface area contributed by atoms with Crippen LogP contribution in [0.25, 0.3) is 10.6 Å². The van der Waals surface area contributed by atoms with E-state index in [1.807, 2.05) is 51.1 Å². The van der Waals surface area contributed by atoms with Crippen molar-refractivity contribution >= 4 is 22.9 Å². The van der Waals surface area contributed by atoms with Crippen molar-refractivity contribution in [2.24, 2.45) is 0 Å². The first-order valence-electron chi connectivity index (χ1n) is 10.7. The van der Waals surface area contributed by atoms with Crippen molar-refractivity contribution in [3.63, 3.8) is 0 Å². The smallest absolute Gasteiger partial charge is 0.252 e. The van der Waals surface area contributed by atoms with Gasteiger partial charge in [0, 0.05) is 43.0 Å². The van der Waals surface area contributed by atoms with E-state index in [9.17, 15) is 4.79 Å². The van der Waals surface area contributed by atoms with Crippen LogP contribution in [0.1, 0.15) is 39.5 Å². The van der Waals surface area contributed by atoms with Gasteiger partial charge >= 0.3 is 0 Å². The van der Waals surface area contributed by atoms with Gasteiger partial charge in [0.15, 0.2) is 0 Å². The lowest BCUT2D eigenvalue weighted by Gasteiger charge is -2.34. The Balaban J connectivity index is 1.50. The van der Waals surface area contributed by atoms with Crippen molar-refractivity contribution < 1.29 is 4.79 Å². The van der Waals surface area contributed by atoms with Crippen molar-refractivity contribution in [2.75, 3.05) is 38.1 Å². The zero-order valence-corrected chi connectivity index (χ0v) is 19.4. The quantitative estimate of drug-likeness (QED) is 0.655. The fraction of sp³-hybridized carbons (Fsp3) is 0.375. The zero-order chi connectivity index (χ0) is 22.0. The fourth-order valence-electron chi connectivity index (χ4n) is 3.83. The van der Waals surface area contributed by atoms with Crippen LogP contribution < -0.4 is 10.2 Å². The number of likely N-dealkylation sites (N-methyl/N-ethyl adjacent to an activating group) is 1. The first-order valence-corrected chi connectivity index (χ1v) is 11.5. The Morgan fingerprint density at radius 1 is 1.06 bits per heavy atom. The molecule has 0 radical (unpaired) electrons. The van der Waals surface area contributed by atoms with Gasteiger partial charge in [-0.1, -0.05) is 35.6 Å². The van der Waals surface area contributed by atoms with Crippen molar-refractivity contribution in [3.05, 3.63) is 64.2 Å². The van der Waals surface area contributed by atoms with E-state index >= 15 is 0 Å². The highest BCUT2D eigenvalue weighted by atomic mass is 32.1. The summed E-state index contributed by atoms with van der Waals surface area (Å²) in [6.07, 6.45) is 0. The van der Waals surface area contributed by atoms with Crippen LogP contribution >= 0.6 is 11.3 Å². The molecule has 1 aliphatic heterocycles. The second kappa shape index (κ2) is 9.16. The number of hydrogen-bond acceptors (Lipinski definition) is 6. The number of carbonyl (C=O) groups excluding carboxylic acids is 1. The molecule has 1 amide bonds. The number of piperazine rings is 1. The van der Waals surface area contributed by atoms with Gasteiger partial charge in [0.25, 0.3) is 5.91 Å². The average molecular weight is 436 g/mol. The number of anilines is 1. The Kier molecular flexibility index (Phi) is 6.34. The second-order valence-electron chi connectivity index (χ2n) is 8.24. The normalized spacial score (nSPS) is 15.7. The molecule has 0 aliphatic carbocycles. The molecule has 2 aromatic carbocycles. The van der Waals surface area contributed by atoms with Gasteiger partial charge in [-0.05, 0) is 57.1 Å². The summed E-state index contributed by atoms with van der Waals surface area (Å²) in [7, 11) is 2.15. The number of aromatic nitrogens is 2. The van der Waals surface area contributed by atoms with E-state index < -0.39 is 0 Å². The van der Waals surface area contributed by atoms with E-state index in [0.29, 0.717) is 0 Å². The highest BCUT2D eigenvalue weighted by molar-refractivity contribution is 7.14. The summed E-state index contributed by atoms with van der Waals surface area (Å²) in [5.74, 6) is -0.0434. The number of carbonyl (C=O) groups is 1. The third-order valence-corrected chi connectivity index (χ3v) is 6.73. The number of benzene rings is 2. The molecule has 1 aliphatic rings. The lowest BCUT2D eigenvalue weighted by Crippen LogP contribution is -2.44. The third kappa shape index (κ3) is 4.94. The highest BCUT2D eigenvalue weighted by Crippen LogP contribution is 2.26. The molecule has 2 heterocycles. The van der Waals surface area contributed by atoms with Gasteiger partial charge in [0.05, 0.1) is 6.04 Å². The average Bonchev–Trinajstić information content (AvgIpc) is 3.21. The molecule has 31 heavy (non-hydrogen) atoms. The number of nitrogens with zero attached hydrogens (tertiary/aromatic N) is 4. The second-order valence-corrected chi connectivity index (χ2v) is 9.42. The van der Waals surface area contributed by atoms with Crippen LogP contribution in [0, 0.1) is 13.8 Å². The van der Waals surface area contributed by atoms with Crippen LogP contribution in [0.5, 0.6) is 0 Å². The third-order valence-electron chi connectivity index (χ3n) is 5.84. The largest absolute Gasteiger partial charge is 0.369 e. The number of amides is 1. The van der Waals surface area contributed by atoms with E-state index in [1.54, 1.807) is 11.3 Å². The molecular formula is C24H29N5OS. The summed E-state index contributed by atoms with van der Waals surface area (Å²) in [5, 5.41) is 13.4. The van der Waals surface area contributed by atoms with Crippen LogP contribution in [0.4, 0.5) is 5.69 Å². The zero-order valence-electron chi connectivity index (χ0n) is 18.6. The number of aryl methyl sites for hydroxylation is 2. The Morgan fingerprint density at radius 3 is 2.55 bits per heavy atom. The maximum absolute atomic E-state index is 13.1. The highest BCUT2D eigenvalue weighted by Gasteiger charge is 2.19. The summed E-state index contributed by atoms with van der Waals surface area (Å²) in [5.41, 5.74) is 4.91. The predicted octanol–water partition coefficient (Wildman–Crippen LogP) is 4.06. The predicted molar refractivity (Wildman–Crippen MR) is 127 cm³/mol. The summed E-state index contributed by atoms with van der Waals surface area (Å²) in [4.78, 5) is 17.8. The monoisotopic (exact) mass is 435 g/mol. The lowest BCUT2D eigenvalue weighted by molar-refractivity contribution is 0.0939. The molecule has 1 atom stereocenters. The Morgan fingerprint density at radius 2 is 1.84 bits per heavy atom. The minimum absolute atomic E-state index is 0.0434. The van der Waals surface area contributed by atoms with Gasteiger partial charge in [-0.2, -0.15) is 0 Å². The van der Waals surface area contributed by atoms with E-state index in [0.717, 1.165) is 64.1 Å². The van der Waals surface area contributed by atoms with Gasteiger partial charge in [-0.15, -0.1) is 10.2 Å². The summed E-state index contributed by atoms with van der Waals surface area (Å²) in [6.45, 7) is 10.00. The maximum Gasteiger partial charge on any atom is 0.252 e. The first-order chi connectivity index (χ1) is 14.9. The van der Waals surface area contributed by atoms with E-state index in [2.05, 4.69) is 44.5 Å². The van der Waals surface area contributed by atoms with Crippen LogP contribution in [0.3, 0.4) is 0 Å². The molecule has 6 nitrogen and oxygen atoms in total. The fourth-order valence-corrected chi connectivity index (χ4v) is 4.52. The van der Waals surface area contributed by atoms with E-state index in [-0.39, 0.29) is 11.9 Å². The lowest BCUT2D eigenvalue weighted by atomic mass is 10.0. The number of nitrogens with one attached hydrogen (secondary N) is 1. The topological polar surface area (TPSA) is 61.4 Å². The molecular weight excluding hydrogens is 406 g/mol. The molecule has 1 saturated heterocycles. The molecule has 0 spiro atoms.